The van der Waals surface area contributed by atoms with E-state index < -0.39 is 0 Å². The molecule has 3 aromatic heterocycles. The van der Waals surface area contributed by atoms with Gasteiger partial charge in [-0.2, -0.15) is 10.2 Å². The number of aryl methyl sites for hydroxylation is 1. The van der Waals surface area contributed by atoms with Gasteiger partial charge < -0.3 is 10.6 Å². The second-order valence-corrected chi connectivity index (χ2v) is 7.41. The molecule has 3 heterocycles. The highest BCUT2D eigenvalue weighted by Gasteiger charge is 2.15. The van der Waals surface area contributed by atoms with Crippen molar-refractivity contribution >= 4 is 17.5 Å². The zero-order chi connectivity index (χ0) is 23.4. The zero-order valence-electron chi connectivity index (χ0n) is 18.1. The van der Waals surface area contributed by atoms with Gasteiger partial charge in [-0.05, 0) is 50.2 Å². The Balaban J connectivity index is 1.35. The molecule has 2 N–H and O–H groups in total. The molecule has 0 saturated carbocycles. The molecule has 0 spiro atoms. The summed E-state index contributed by atoms with van der Waals surface area (Å²) in [5.74, 6) is -0.913. The summed E-state index contributed by atoms with van der Waals surface area (Å²) >= 11 is 0. The minimum Gasteiger partial charge on any atom is -0.350 e. The first-order valence-corrected chi connectivity index (χ1v) is 10.2. The van der Waals surface area contributed by atoms with Crippen molar-refractivity contribution in [3.05, 3.63) is 89.5 Å². The first-order valence-electron chi connectivity index (χ1n) is 10.2. The molecule has 0 unspecified atom stereocenters. The summed E-state index contributed by atoms with van der Waals surface area (Å²) in [5, 5.41) is 14.2. The smallest absolute Gasteiger partial charge is 0.274 e. The van der Waals surface area contributed by atoms with Crippen molar-refractivity contribution in [2.45, 2.75) is 26.9 Å². The summed E-state index contributed by atoms with van der Waals surface area (Å²) in [7, 11) is 0. The fraction of sp³-hybridized carbons (Fsp3) is 0.174. The van der Waals surface area contributed by atoms with Crippen LogP contribution in [0.2, 0.25) is 0 Å². The predicted molar refractivity (Wildman–Crippen MR) is 119 cm³/mol. The van der Waals surface area contributed by atoms with Crippen LogP contribution in [-0.4, -0.2) is 36.4 Å². The van der Waals surface area contributed by atoms with Gasteiger partial charge in [0.1, 0.15) is 18.1 Å². The summed E-state index contributed by atoms with van der Waals surface area (Å²) in [6.07, 6.45) is 4.58. The first-order chi connectivity index (χ1) is 15.9. The number of amides is 2. The molecule has 10 heteroatoms. The lowest BCUT2D eigenvalue weighted by molar-refractivity contribution is -0.122. The van der Waals surface area contributed by atoms with Gasteiger partial charge in [-0.25, -0.2) is 9.07 Å². The van der Waals surface area contributed by atoms with Crippen molar-refractivity contribution in [3.63, 3.8) is 0 Å². The minimum atomic E-state index is -0.358. The van der Waals surface area contributed by atoms with E-state index in [0.29, 0.717) is 12.2 Å². The number of rotatable bonds is 7. The Kier molecular flexibility index (Phi) is 6.25. The number of nitrogens with zero attached hydrogens (tertiary/aromatic N) is 5. The lowest BCUT2D eigenvalue weighted by Gasteiger charge is -2.07. The number of carbonyl (C=O) groups is 2. The van der Waals surface area contributed by atoms with Gasteiger partial charge in [0.15, 0.2) is 0 Å². The van der Waals surface area contributed by atoms with E-state index in [1.807, 2.05) is 13.8 Å². The van der Waals surface area contributed by atoms with E-state index in [9.17, 15) is 14.0 Å². The average molecular weight is 447 g/mol. The number of carbonyl (C=O) groups excluding carboxylic acids is 2. The molecule has 0 radical (unpaired) electrons. The van der Waals surface area contributed by atoms with E-state index >= 15 is 0 Å². The number of aromatic nitrogens is 5. The third-order valence-corrected chi connectivity index (χ3v) is 5.07. The van der Waals surface area contributed by atoms with Crippen molar-refractivity contribution in [2.24, 2.45) is 0 Å². The second kappa shape index (κ2) is 9.43. The highest BCUT2D eigenvalue weighted by atomic mass is 19.1. The third kappa shape index (κ3) is 5.12. The predicted octanol–water partition coefficient (Wildman–Crippen LogP) is 2.79. The summed E-state index contributed by atoms with van der Waals surface area (Å²) < 4.78 is 16.4. The Morgan fingerprint density at radius 2 is 1.88 bits per heavy atom. The number of pyridine rings is 1. The number of anilines is 1. The van der Waals surface area contributed by atoms with Crippen LogP contribution in [0.25, 0.3) is 5.69 Å². The van der Waals surface area contributed by atoms with Crippen LogP contribution < -0.4 is 10.6 Å². The van der Waals surface area contributed by atoms with Gasteiger partial charge in [0.25, 0.3) is 5.91 Å². The van der Waals surface area contributed by atoms with Crippen LogP contribution >= 0.6 is 0 Å². The van der Waals surface area contributed by atoms with Crippen molar-refractivity contribution in [1.29, 1.82) is 0 Å². The van der Waals surface area contributed by atoms with Gasteiger partial charge in [-0.15, -0.1) is 0 Å². The monoisotopic (exact) mass is 447 g/mol. The Hall–Kier alpha value is -4.34. The van der Waals surface area contributed by atoms with Gasteiger partial charge in [0.2, 0.25) is 5.91 Å². The van der Waals surface area contributed by atoms with Crippen LogP contribution in [0.3, 0.4) is 0 Å². The Morgan fingerprint density at radius 1 is 1.09 bits per heavy atom. The topological polar surface area (TPSA) is 107 Å². The molecule has 9 nitrogen and oxygen atoms in total. The highest BCUT2D eigenvalue weighted by molar-refractivity contribution is 6.02. The molecule has 4 rings (SSSR count). The summed E-state index contributed by atoms with van der Waals surface area (Å²) in [6, 6.07) is 11.1. The van der Waals surface area contributed by atoms with Crippen molar-refractivity contribution < 1.29 is 14.0 Å². The van der Waals surface area contributed by atoms with Crippen LogP contribution in [0.1, 0.15) is 27.4 Å². The lowest BCUT2D eigenvalue weighted by Crippen LogP contribution is -2.27. The van der Waals surface area contributed by atoms with Crippen molar-refractivity contribution in [1.82, 2.24) is 29.9 Å². The molecule has 0 fully saturated rings. The molecule has 0 bridgehead atoms. The molecule has 0 saturated heterocycles. The maximum atomic E-state index is 13.2. The Bertz CT molecular complexity index is 1280. The van der Waals surface area contributed by atoms with E-state index in [4.69, 9.17) is 0 Å². The fourth-order valence-electron chi connectivity index (χ4n) is 3.36. The van der Waals surface area contributed by atoms with Crippen molar-refractivity contribution in [3.8, 4) is 5.69 Å². The molecule has 2 amide bonds. The van der Waals surface area contributed by atoms with Gasteiger partial charge in [0.05, 0.1) is 23.3 Å². The third-order valence-electron chi connectivity index (χ3n) is 5.07. The zero-order valence-corrected chi connectivity index (χ0v) is 18.1. The summed E-state index contributed by atoms with van der Waals surface area (Å²) in [5.41, 5.74) is 4.01. The highest BCUT2D eigenvalue weighted by Crippen LogP contribution is 2.18. The molecule has 168 valence electrons. The van der Waals surface area contributed by atoms with Crippen molar-refractivity contribution in [2.75, 3.05) is 5.32 Å². The minimum absolute atomic E-state index is 0.0103. The number of nitrogens with one attached hydrogen (secondary N) is 2. The van der Waals surface area contributed by atoms with Gasteiger partial charge >= 0.3 is 0 Å². The van der Waals surface area contributed by atoms with Crippen LogP contribution in [0.15, 0.2) is 61.1 Å². The molecule has 0 aliphatic rings. The van der Waals surface area contributed by atoms with Crippen LogP contribution in [-0.2, 0) is 17.9 Å². The maximum Gasteiger partial charge on any atom is 0.274 e. The quantitative estimate of drug-likeness (QED) is 0.453. The van der Waals surface area contributed by atoms with E-state index in [1.165, 1.54) is 29.2 Å². The van der Waals surface area contributed by atoms with E-state index in [0.717, 1.165) is 22.6 Å². The average Bonchev–Trinajstić information content (AvgIpc) is 3.36. The molecule has 0 aliphatic carbocycles. The summed E-state index contributed by atoms with van der Waals surface area (Å²) in [6.45, 7) is 4.04. The normalized spacial score (nSPS) is 10.8. The Morgan fingerprint density at radius 3 is 2.61 bits per heavy atom. The lowest BCUT2D eigenvalue weighted by atomic mass is 10.2. The van der Waals surface area contributed by atoms with E-state index in [1.54, 1.807) is 41.2 Å². The van der Waals surface area contributed by atoms with Gasteiger partial charge in [-0.1, -0.05) is 6.07 Å². The molecule has 0 aliphatic heterocycles. The molecule has 1 aromatic carbocycles. The molecular weight excluding hydrogens is 425 g/mol. The van der Waals surface area contributed by atoms with Gasteiger partial charge in [-0.3, -0.25) is 19.3 Å². The molecule has 0 atom stereocenters. The van der Waals surface area contributed by atoms with E-state index in [2.05, 4.69) is 25.8 Å². The number of benzene rings is 1. The molecular formula is C23H22FN7O2. The summed E-state index contributed by atoms with van der Waals surface area (Å²) in [4.78, 5) is 28.6. The number of hydrogen-bond acceptors (Lipinski definition) is 5. The number of hydrogen-bond donors (Lipinski definition) is 2. The Labute approximate surface area is 189 Å². The standard InChI is InChI=1S/C23H22FN7O2/c1-15-20(16(2)31(29-15)19-8-6-17(24)7-9-19)12-26-22(32)14-30-13-18(11-27-30)28-23(33)21-5-3-4-10-25-21/h3-11,13H,12,14H2,1-2H3,(H,26,32)(H,28,33). The van der Waals surface area contributed by atoms with Gasteiger partial charge in [0, 0.05) is 30.2 Å². The fourth-order valence-corrected chi connectivity index (χ4v) is 3.36. The maximum absolute atomic E-state index is 13.2. The first kappa shape index (κ1) is 21.9. The van der Waals surface area contributed by atoms with Crippen LogP contribution in [0.4, 0.5) is 10.1 Å². The molecule has 33 heavy (non-hydrogen) atoms. The SMILES string of the molecule is Cc1nn(-c2ccc(F)cc2)c(C)c1CNC(=O)Cn1cc(NC(=O)c2ccccn2)cn1. The molecule has 4 aromatic rings. The van der Waals surface area contributed by atoms with Crippen LogP contribution in [0, 0.1) is 19.7 Å². The van der Waals surface area contributed by atoms with Crippen LogP contribution in [0.5, 0.6) is 0 Å². The van der Waals surface area contributed by atoms with E-state index in [-0.39, 0.29) is 29.9 Å². The number of halogens is 1. The largest absolute Gasteiger partial charge is 0.350 e. The second-order valence-electron chi connectivity index (χ2n) is 7.41.